The molecule has 5 nitrogen and oxygen atoms in total. The van der Waals surface area contributed by atoms with Crippen molar-refractivity contribution in [3.05, 3.63) is 83.7 Å². The van der Waals surface area contributed by atoms with Gasteiger partial charge in [-0.1, -0.05) is 36.8 Å². The molecule has 0 aliphatic carbocycles. The number of benzene rings is 2. The molecule has 0 atom stereocenters. The van der Waals surface area contributed by atoms with Gasteiger partial charge in [-0.3, -0.25) is 14.7 Å². The first kappa shape index (κ1) is 21.0. The molecule has 4 rings (SSSR count). The molecule has 31 heavy (non-hydrogen) atoms. The molecule has 0 saturated carbocycles. The van der Waals surface area contributed by atoms with E-state index >= 15 is 0 Å². The van der Waals surface area contributed by atoms with Crippen molar-refractivity contribution < 1.29 is 9.53 Å². The van der Waals surface area contributed by atoms with E-state index < -0.39 is 0 Å². The smallest absolute Gasteiger partial charge is 0.260 e. The number of nitrogens with zero attached hydrogens (tertiary/aromatic N) is 3. The van der Waals surface area contributed by atoms with Gasteiger partial charge < -0.3 is 4.74 Å². The number of carbonyl (C=O) groups excluding carboxylic acids is 1. The quantitative estimate of drug-likeness (QED) is 0.320. The third kappa shape index (κ3) is 5.09. The number of pyridine rings is 1. The summed E-state index contributed by atoms with van der Waals surface area (Å²) in [7, 11) is 0. The zero-order valence-corrected chi connectivity index (χ0v) is 18.6. The van der Waals surface area contributed by atoms with Crippen LogP contribution in [0.5, 0.6) is 5.75 Å². The lowest BCUT2D eigenvalue weighted by atomic mass is 10.2. The van der Waals surface area contributed by atoms with E-state index in [1.165, 1.54) is 16.9 Å². The van der Waals surface area contributed by atoms with Crippen molar-refractivity contribution in [2.45, 2.75) is 33.2 Å². The number of aromatic nitrogens is 2. The van der Waals surface area contributed by atoms with E-state index in [4.69, 9.17) is 9.72 Å². The van der Waals surface area contributed by atoms with Crippen LogP contribution in [0, 0.1) is 6.92 Å². The van der Waals surface area contributed by atoms with Crippen LogP contribution in [0.2, 0.25) is 0 Å². The lowest BCUT2D eigenvalue weighted by molar-refractivity contribution is 0.0985. The van der Waals surface area contributed by atoms with Crippen LogP contribution in [0.4, 0.5) is 5.13 Å². The van der Waals surface area contributed by atoms with E-state index in [0.29, 0.717) is 23.8 Å². The maximum Gasteiger partial charge on any atom is 0.260 e. The Bertz CT molecular complexity index is 1160. The van der Waals surface area contributed by atoms with Crippen LogP contribution in [-0.4, -0.2) is 22.5 Å². The van der Waals surface area contributed by atoms with Gasteiger partial charge in [0.2, 0.25) is 0 Å². The monoisotopic (exact) mass is 431 g/mol. The van der Waals surface area contributed by atoms with Crippen LogP contribution in [0.15, 0.2) is 66.9 Å². The molecule has 2 heterocycles. The first-order valence-corrected chi connectivity index (χ1v) is 11.3. The highest BCUT2D eigenvalue weighted by molar-refractivity contribution is 7.22. The number of amides is 1. The van der Waals surface area contributed by atoms with E-state index in [1.54, 1.807) is 11.1 Å². The summed E-state index contributed by atoms with van der Waals surface area (Å²) in [5.41, 5.74) is 3.47. The van der Waals surface area contributed by atoms with Crippen molar-refractivity contribution >= 4 is 32.6 Å². The van der Waals surface area contributed by atoms with E-state index in [0.717, 1.165) is 34.5 Å². The molecule has 2 aromatic heterocycles. The van der Waals surface area contributed by atoms with Crippen LogP contribution in [0.3, 0.4) is 0 Å². The Morgan fingerprint density at radius 1 is 1.10 bits per heavy atom. The number of fused-ring (bicyclic) bond motifs is 1. The second-order valence-corrected chi connectivity index (χ2v) is 8.42. The van der Waals surface area contributed by atoms with Crippen molar-refractivity contribution in [2.75, 3.05) is 11.5 Å². The summed E-state index contributed by atoms with van der Waals surface area (Å²) in [4.78, 5) is 24.3. The molecule has 0 radical (unpaired) electrons. The lowest BCUT2D eigenvalue weighted by Crippen LogP contribution is -2.30. The number of aryl methyl sites for hydroxylation is 1. The van der Waals surface area contributed by atoms with Gasteiger partial charge in [0.25, 0.3) is 5.91 Å². The number of rotatable bonds is 8. The number of unbranched alkanes of at least 4 members (excludes halogenated alkanes) is 1. The molecule has 0 aliphatic rings. The predicted octanol–water partition coefficient (Wildman–Crippen LogP) is 6.03. The molecule has 0 spiro atoms. The van der Waals surface area contributed by atoms with Crippen molar-refractivity contribution in [1.82, 2.24) is 9.97 Å². The number of carbonyl (C=O) groups is 1. The summed E-state index contributed by atoms with van der Waals surface area (Å²) >= 11 is 1.52. The highest BCUT2D eigenvalue weighted by atomic mass is 32.1. The second kappa shape index (κ2) is 9.71. The van der Waals surface area contributed by atoms with E-state index in [9.17, 15) is 4.79 Å². The minimum absolute atomic E-state index is 0.110. The van der Waals surface area contributed by atoms with Crippen LogP contribution < -0.4 is 9.64 Å². The predicted molar refractivity (Wildman–Crippen MR) is 126 cm³/mol. The van der Waals surface area contributed by atoms with Crippen LogP contribution in [-0.2, 0) is 6.54 Å². The summed E-state index contributed by atoms with van der Waals surface area (Å²) in [6.07, 6.45) is 3.83. The average Bonchev–Trinajstić information content (AvgIpc) is 3.21. The third-order valence-corrected chi connectivity index (χ3v) is 5.96. The Hall–Kier alpha value is -3.25. The Morgan fingerprint density at radius 2 is 1.94 bits per heavy atom. The van der Waals surface area contributed by atoms with Crippen molar-refractivity contribution in [3.63, 3.8) is 0 Å². The number of thiazole rings is 1. The van der Waals surface area contributed by atoms with Gasteiger partial charge in [-0.15, -0.1) is 0 Å². The molecule has 0 bridgehead atoms. The number of hydrogen-bond donors (Lipinski definition) is 0. The molecular weight excluding hydrogens is 406 g/mol. The summed E-state index contributed by atoms with van der Waals surface area (Å²) in [6, 6.07) is 19.2. The Labute approximate surface area is 186 Å². The first-order valence-electron chi connectivity index (χ1n) is 10.5. The van der Waals surface area contributed by atoms with Gasteiger partial charge in [-0.25, -0.2) is 4.98 Å². The topological polar surface area (TPSA) is 55.3 Å². The summed E-state index contributed by atoms with van der Waals surface area (Å²) in [6.45, 7) is 5.22. The summed E-state index contributed by atoms with van der Waals surface area (Å²) in [5.74, 6) is 0.665. The minimum atomic E-state index is -0.110. The van der Waals surface area contributed by atoms with Gasteiger partial charge in [0.1, 0.15) is 5.75 Å². The molecule has 6 heteroatoms. The van der Waals surface area contributed by atoms with Gasteiger partial charge >= 0.3 is 0 Å². The van der Waals surface area contributed by atoms with Crippen LogP contribution >= 0.6 is 11.3 Å². The van der Waals surface area contributed by atoms with Gasteiger partial charge in [-0.2, -0.15) is 0 Å². The average molecular weight is 432 g/mol. The van der Waals surface area contributed by atoms with Crippen molar-refractivity contribution in [3.8, 4) is 5.75 Å². The molecule has 4 aromatic rings. The van der Waals surface area contributed by atoms with Crippen molar-refractivity contribution in [1.29, 1.82) is 0 Å². The van der Waals surface area contributed by atoms with Crippen molar-refractivity contribution in [2.24, 2.45) is 0 Å². The molecule has 0 aliphatic heterocycles. The van der Waals surface area contributed by atoms with Crippen LogP contribution in [0.1, 0.15) is 41.4 Å². The second-order valence-electron chi connectivity index (χ2n) is 7.41. The van der Waals surface area contributed by atoms with Crippen LogP contribution in [0.25, 0.3) is 10.2 Å². The SMILES string of the molecule is CCCCOc1ccc(C(=O)N(Cc2ccccn2)c2nc3ccc(C)cc3s2)cc1. The third-order valence-electron chi connectivity index (χ3n) is 4.92. The van der Waals surface area contributed by atoms with Gasteiger partial charge in [-0.05, 0) is 67.4 Å². The van der Waals surface area contributed by atoms with E-state index in [1.807, 2.05) is 54.6 Å². The molecule has 0 saturated heterocycles. The summed E-state index contributed by atoms with van der Waals surface area (Å²) < 4.78 is 6.79. The number of hydrogen-bond acceptors (Lipinski definition) is 5. The molecule has 158 valence electrons. The number of ether oxygens (including phenoxy) is 1. The van der Waals surface area contributed by atoms with E-state index in [2.05, 4.69) is 24.9 Å². The molecule has 2 aromatic carbocycles. The zero-order chi connectivity index (χ0) is 21.6. The zero-order valence-electron chi connectivity index (χ0n) is 17.7. The van der Waals surface area contributed by atoms with Gasteiger partial charge in [0.05, 0.1) is 29.1 Å². The molecule has 1 amide bonds. The minimum Gasteiger partial charge on any atom is -0.494 e. The lowest BCUT2D eigenvalue weighted by Gasteiger charge is -2.19. The Balaban J connectivity index is 1.63. The molecular formula is C25H25N3O2S. The normalized spacial score (nSPS) is 10.9. The van der Waals surface area contributed by atoms with Gasteiger partial charge in [0, 0.05) is 11.8 Å². The fourth-order valence-electron chi connectivity index (χ4n) is 3.20. The Kier molecular flexibility index (Phi) is 6.57. The molecule has 0 fully saturated rings. The standard InChI is InChI=1S/C25H25N3O2S/c1-3-4-15-30-21-11-9-19(10-12-21)24(29)28(17-20-7-5-6-14-26-20)25-27-22-13-8-18(2)16-23(22)31-25/h5-14,16H,3-4,15,17H2,1-2H3. The maximum absolute atomic E-state index is 13.5. The number of anilines is 1. The largest absolute Gasteiger partial charge is 0.494 e. The summed E-state index contributed by atoms with van der Waals surface area (Å²) in [5, 5.41) is 0.666. The fraction of sp³-hybridized carbons (Fsp3) is 0.240. The highest BCUT2D eigenvalue weighted by Crippen LogP contribution is 2.31. The fourth-order valence-corrected chi connectivity index (χ4v) is 4.26. The molecule has 0 N–H and O–H groups in total. The maximum atomic E-state index is 13.5. The highest BCUT2D eigenvalue weighted by Gasteiger charge is 2.22. The Morgan fingerprint density at radius 3 is 2.68 bits per heavy atom. The molecule has 0 unspecified atom stereocenters. The van der Waals surface area contributed by atoms with Gasteiger partial charge in [0.15, 0.2) is 5.13 Å². The first-order chi connectivity index (χ1) is 15.1. The van der Waals surface area contributed by atoms with E-state index in [-0.39, 0.29) is 5.91 Å².